The Labute approximate surface area is 179 Å². The Morgan fingerprint density at radius 2 is 1.83 bits per heavy atom. The van der Waals surface area contributed by atoms with Crippen molar-refractivity contribution in [2.45, 2.75) is 32.4 Å². The Bertz CT molecular complexity index is 1030. The molecule has 8 heteroatoms. The van der Waals surface area contributed by atoms with Crippen molar-refractivity contribution in [3.63, 3.8) is 0 Å². The molecule has 0 aliphatic rings. The fourth-order valence-corrected chi connectivity index (χ4v) is 3.83. The number of hydrogen-bond donors (Lipinski definition) is 4. The SMILES string of the molecule is CC(C)[C@@H](O)C(=O)NCC(C(=O)NCc1cnc(N)s1)c1cccc2ccccc12. The van der Waals surface area contributed by atoms with Crippen LogP contribution in [0.1, 0.15) is 30.2 Å². The first-order valence-corrected chi connectivity index (χ1v) is 10.6. The zero-order valence-corrected chi connectivity index (χ0v) is 17.8. The molecule has 158 valence electrons. The van der Waals surface area contributed by atoms with E-state index in [9.17, 15) is 14.7 Å². The minimum absolute atomic E-state index is 0.0767. The number of aromatic nitrogens is 1. The van der Waals surface area contributed by atoms with Gasteiger partial charge in [-0.15, -0.1) is 11.3 Å². The highest BCUT2D eigenvalue weighted by molar-refractivity contribution is 7.15. The molecule has 0 bridgehead atoms. The minimum atomic E-state index is -1.12. The van der Waals surface area contributed by atoms with E-state index >= 15 is 0 Å². The van der Waals surface area contributed by atoms with E-state index in [1.54, 1.807) is 20.0 Å². The highest BCUT2D eigenvalue weighted by Gasteiger charge is 2.25. The molecule has 1 aromatic heterocycles. The average molecular weight is 427 g/mol. The number of aliphatic hydroxyl groups is 1. The summed E-state index contributed by atoms with van der Waals surface area (Å²) in [5.74, 6) is -1.55. The van der Waals surface area contributed by atoms with Crippen molar-refractivity contribution >= 4 is 39.1 Å². The van der Waals surface area contributed by atoms with Gasteiger partial charge in [0.1, 0.15) is 6.10 Å². The molecule has 1 heterocycles. The first kappa shape index (κ1) is 21.7. The molecule has 0 spiro atoms. The highest BCUT2D eigenvalue weighted by atomic mass is 32.1. The number of carbonyl (C=O) groups is 2. The highest BCUT2D eigenvalue weighted by Crippen LogP contribution is 2.26. The Balaban J connectivity index is 1.84. The van der Waals surface area contributed by atoms with E-state index in [1.165, 1.54) is 11.3 Å². The lowest BCUT2D eigenvalue weighted by molar-refractivity contribution is -0.131. The van der Waals surface area contributed by atoms with Gasteiger partial charge in [0, 0.05) is 17.6 Å². The summed E-state index contributed by atoms with van der Waals surface area (Å²) >= 11 is 1.31. The number of nitrogens with zero attached hydrogens (tertiary/aromatic N) is 1. The Morgan fingerprint density at radius 1 is 1.10 bits per heavy atom. The van der Waals surface area contributed by atoms with Crippen LogP contribution >= 0.6 is 11.3 Å². The van der Waals surface area contributed by atoms with Crippen LogP contribution in [0.15, 0.2) is 48.7 Å². The summed E-state index contributed by atoms with van der Waals surface area (Å²) in [5, 5.41) is 18.1. The summed E-state index contributed by atoms with van der Waals surface area (Å²) in [7, 11) is 0. The molecule has 30 heavy (non-hydrogen) atoms. The molecule has 5 N–H and O–H groups in total. The van der Waals surface area contributed by atoms with E-state index in [0.29, 0.717) is 11.7 Å². The molecule has 7 nitrogen and oxygen atoms in total. The molecule has 0 fully saturated rings. The van der Waals surface area contributed by atoms with Gasteiger partial charge >= 0.3 is 0 Å². The number of benzene rings is 2. The Kier molecular flexibility index (Phi) is 7.02. The summed E-state index contributed by atoms with van der Waals surface area (Å²) in [6.07, 6.45) is 0.509. The Hall–Kier alpha value is -2.97. The lowest BCUT2D eigenvalue weighted by Gasteiger charge is -2.21. The summed E-state index contributed by atoms with van der Waals surface area (Å²) in [6, 6.07) is 13.6. The van der Waals surface area contributed by atoms with Crippen LogP contribution in [-0.4, -0.2) is 34.6 Å². The molecule has 0 saturated carbocycles. The largest absolute Gasteiger partial charge is 0.383 e. The standard InChI is InChI=1S/C22H26N4O3S/c1-13(2)19(27)21(29)25-12-18(20(28)24-10-15-11-26-22(23)30-15)17-9-5-7-14-6-3-4-8-16(14)17/h3-9,11,13,18-19,27H,10,12H2,1-2H3,(H2,23,26)(H,24,28)(H,25,29)/t18?,19-/m1/s1. The van der Waals surface area contributed by atoms with Gasteiger partial charge < -0.3 is 21.5 Å². The molecule has 0 radical (unpaired) electrons. The van der Waals surface area contributed by atoms with Gasteiger partial charge in [0.15, 0.2) is 5.13 Å². The number of fused-ring (bicyclic) bond motifs is 1. The number of thiazole rings is 1. The van der Waals surface area contributed by atoms with Gasteiger partial charge in [0.2, 0.25) is 11.8 Å². The van der Waals surface area contributed by atoms with Crippen molar-refractivity contribution in [3.8, 4) is 0 Å². The molecule has 1 unspecified atom stereocenters. The van der Waals surface area contributed by atoms with E-state index in [0.717, 1.165) is 21.2 Å². The van der Waals surface area contributed by atoms with E-state index in [1.807, 2.05) is 42.5 Å². The fourth-order valence-electron chi connectivity index (χ4n) is 3.21. The maximum atomic E-state index is 13.1. The van der Waals surface area contributed by atoms with Crippen LogP contribution in [0.25, 0.3) is 10.8 Å². The van der Waals surface area contributed by atoms with Gasteiger partial charge in [0.05, 0.1) is 12.5 Å². The zero-order chi connectivity index (χ0) is 21.7. The number of aliphatic hydroxyl groups excluding tert-OH is 1. The maximum absolute atomic E-state index is 13.1. The van der Waals surface area contributed by atoms with Gasteiger partial charge in [-0.25, -0.2) is 4.98 Å². The number of nitrogen functional groups attached to an aromatic ring is 1. The quantitative estimate of drug-likeness (QED) is 0.441. The molecule has 0 saturated heterocycles. The van der Waals surface area contributed by atoms with Gasteiger partial charge in [-0.05, 0) is 22.3 Å². The monoisotopic (exact) mass is 426 g/mol. The molecule has 3 aromatic rings. The molecular formula is C22H26N4O3S. The number of carbonyl (C=O) groups excluding carboxylic acids is 2. The van der Waals surface area contributed by atoms with E-state index in [-0.39, 0.29) is 18.4 Å². The predicted octanol–water partition coefficient (Wildman–Crippen LogP) is 2.41. The second-order valence-electron chi connectivity index (χ2n) is 7.44. The normalized spacial score (nSPS) is 13.2. The van der Waals surface area contributed by atoms with Crippen molar-refractivity contribution in [2.75, 3.05) is 12.3 Å². The topological polar surface area (TPSA) is 117 Å². The van der Waals surface area contributed by atoms with Crippen LogP contribution in [0.2, 0.25) is 0 Å². The number of anilines is 1. The van der Waals surface area contributed by atoms with Gasteiger partial charge in [-0.3, -0.25) is 9.59 Å². The Morgan fingerprint density at radius 3 is 2.53 bits per heavy atom. The van der Waals surface area contributed by atoms with Gasteiger partial charge in [-0.1, -0.05) is 56.3 Å². The van der Waals surface area contributed by atoms with Crippen LogP contribution in [0.4, 0.5) is 5.13 Å². The number of nitrogens with one attached hydrogen (secondary N) is 2. The van der Waals surface area contributed by atoms with Crippen molar-refractivity contribution in [1.82, 2.24) is 15.6 Å². The number of nitrogens with two attached hydrogens (primary N) is 1. The van der Waals surface area contributed by atoms with Crippen molar-refractivity contribution in [3.05, 3.63) is 59.1 Å². The molecule has 2 aromatic carbocycles. The van der Waals surface area contributed by atoms with Crippen LogP contribution in [0.3, 0.4) is 0 Å². The zero-order valence-electron chi connectivity index (χ0n) is 17.0. The van der Waals surface area contributed by atoms with Gasteiger partial charge in [0.25, 0.3) is 0 Å². The van der Waals surface area contributed by atoms with E-state index < -0.39 is 17.9 Å². The van der Waals surface area contributed by atoms with E-state index in [2.05, 4.69) is 15.6 Å². The third-order valence-electron chi connectivity index (χ3n) is 4.90. The second kappa shape index (κ2) is 9.69. The first-order chi connectivity index (χ1) is 14.4. The van der Waals surface area contributed by atoms with Crippen molar-refractivity contribution < 1.29 is 14.7 Å². The molecule has 0 aliphatic carbocycles. The fraction of sp³-hybridized carbons (Fsp3) is 0.318. The summed E-state index contributed by atoms with van der Waals surface area (Å²) in [4.78, 5) is 30.2. The van der Waals surface area contributed by atoms with Gasteiger partial charge in [-0.2, -0.15) is 0 Å². The number of amides is 2. The summed E-state index contributed by atoms with van der Waals surface area (Å²) in [6.45, 7) is 3.91. The lowest BCUT2D eigenvalue weighted by Crippen LogP contribution is -2.42. The average Bonchev–Trinajstić information content (AvgIpc) is 3.16. The smallest absolute Gasteiger partial charge is 0.249 e. The third-order valence-corrected chi connectivity index (χ3v) is 5.73. The molecule has 2 amide bonds. The van der Waals surface area contributed by atoms with Crippen LogP contribution < -0.4 is 16.4 Å². The number of hydrogen-bond acceptors (Lipinski definition) is 6. The summed E-state index contributed by atoms with van der Waals surface area (Å²) in [5.41, 5.74) is 6.47. The van der Waals surface area contributed by atoms with Crippen molar-refractivity contribution in [1.29, 1.82) is 0 Å². The van der Waals surface area contributed by atoms with Crippen molar-refractivity contribution in [2.24, 2.45) is 5.92 Å². The minimum Gasteiger partial charge on any atom is -0.383 e. The first-order valence-electron chi connectivity index (χ1n) is 9.78. The molecule has 2 atom stereocenters. The second-order valence-corrected chi connectivity index (χ2v) is 8.58. The molecule has 0 aliphatic heterocycles. The van der Waals surface area contributed by atoms with Crippen LogP contribution in [-0.2, 0) is 16.1 Å². The predicted molar refractivity (Wildman–Crippen MR) is 119 cm³/mol. The maximum Gasteiger partial charge on any atom is 0.249 e. The van der Waals surface area contributed by atoms with E-state index in [4.69, 9.17) is 5.73 Å². The molecular weight excluding hydrogens is 400 g/mol. The molecule has 3 rings (SSSR count). The van der Waals surface area contributed by atoms with Crippen LogP contribution in [0, 0.1) is 5.92 Å². The van der Waals surface area contributed by atoms with Crippen LogP contribution in [0.5, 0.6) is 0 Å². The summed E-state index contributed by atoms with van der Waals surface area (Å²) < 4.78 is 0. The lowest BCUT2D eigenvalue weighted by atomic mass is 9.92. The number of rotatable bonds is 8. The third kappa shape index (κ3) is 5.14.